The summed E-state index contributed by atoms with van der Waals surface area (Å²) in [7, 11) is 1.51. The van der Waals surface area contributed by atoms with Crippen molar-refractivity contribution in [3.05, 3.63) is 95.6 Å². The van der Waals surface area contributed by atoms with Gasteiger partial charge in [0.05, 0.1) is 6.61 Å². The molecule has 0 aliphatic carbocycles. The normalized spacial score (nSPS) is 11.1. The minimum absolute atomic E-state index is 0.204. The minimum atomic E-state index is -0.735. The van der Waals surface area contributed by atoms with Gasteiger partial charge in [-0.3, -0.25) is 0 Å². The molecule has 0 heterocycles. The van der Waals surface area contributed by atoms with Crippen LogP contribution in [0.15, 0.2) is 84.0 Å². The van der Waals surface area contributed by atoms with Gasteiger partial charge in [-0.2, -0.15) is 0 Å². The zero-order valence-electron chi connectivity index (χ0n) is 17.8. The number of oxime groups is 1. The maximum atomic E-state index is 10.6. The van der Waals surface area contributed by atoms with Gasteiger partial charge in [0.15, 0.2) is 0 Å². The van der Waals surface area contributed by atoms with E-state index in [-0.39, 0.29) is 13.2 Å². The monoisotopic (exact) mass is 436 g/mol. The lowest BCUT2D eigenvalue weighted by Gasteiger charge is -2.10. The largest absolute Gasteiger partial charge is 0.563 e. The lowest BCUT2D eigenvalue weighted by Crippen LogP contribution is -2.13. The van der Waals surface area contributed by atoms with E-state index in [0.29, 0.717) is 18.9 Å². The van der Waals surface area contributed by atoms with E-state index in [0.717, 1.165) is 28.2 Å². The van der Waals surface area contributed by atoms with Crippen LogP contribution in [0.1, 0.15) is 16.7 Å². The summed E-state index contributed by atoms with van der Waals surface area (Å²) in [6.07, 6.45) is 0. The third-order valence-corrected chi connectivity index (χ3v) is 4.44. The van der Waals surface area contributed by atoms with Gasteiger partial charge < -0.3 is 24.2 Å². The van der Waals surface area contributed by atoms with Crippen LogP contribution >= 0.6 is 0 Å². The molecule has 0 unspecified atom stereocenters. The zero-order chi connectivity index (χ0) is 22.6. The van der Waals surface area contributed by atoms with E-state index in [2.05, 4.69) is 5.16 Å². The fourth-order valence-electron chi connectivity index (χ4n) is 2.85. The van der Waals surface area contributed by atoms with Crippen LogP contribution in [-0.4, -0.2) is 37.1 Å². The molecule has 7 heteroatoms. The molecule has 0 atom stereocenters. The molecule has 0 aromatic heterocycles. The summed E-state index contributed by atoms with van der Waals surface area (Å²) in [5.41, 5.74) is 3.57. The summed E-state index contributed by atoms with van der Waals surface area (Å²) in [5.74, 6) is 0.721. The van der Waals surface area contributed by atoms with Crippen molar-refractivity contribution >= 4 is 11.7 Å². The molecule has 3 rings (SSSR count). The number of carbonyl (C=O) groups excluding carboxylic acids is 1. The Morgan fingerprint density at radius 3 is 1.97 bits per heavy atom. The van der Waals surface area contributed by atoms with Crippen molar-refractivity contribution in [2.24, 2.45) is 5.16 Å². The van der Waals surface area contributed by atoms with E-state index in [4.69, 9.17) is 24.2 Å². The average molecular weight is 436 g/mol. The predicted octanol–water partition coefficient (Wildman–Crippen LogP) is 3.46. The van der Waals surface area contributed by atoms with Crippen LogP contribution < -0.4 is 9.47 Å². The third kappa shape index (κ3) is 7.45. The number of rotatable bonds is 12. The Bertz CT molecular complexity index is 1000. The molecular weight excluding hydrogens is 410 g/mol. The molecule has 3 aromatic carbocycles. The SMILES string of the molecule is CO/N=C(/COc1ccc(COc2ccc(COCC(=O)[OH2+])cc2)cc1)c1ccccc1. The third-order valence-electron chi connectivity index (χ3n) is 4.44. The maximum Gasteiger partial charge on any atom is 0.542 e. The standard InChI is InChI=1S/C25H25NO6/c1-29-26-24(21-5-3-2-4-6-21)17-32-23-13-9-20(10-14-23)16-31-22-11-7-19(8-12-22)15-30-18-25(27)28/h2-14H,15-18H2,1H3,(H,27,28)/p+1/b26-24-. The van der Waals surface area contributed by atoms with Crippen LogP contribution in [0.5, 0.6) is 11.5 Å². The first-order chi connectivity index (χ1) is 15.6. The van der Waals surface area contributed by atoms with Crippen LogP contribution in [0.2, 0.25) is 0 Å². The molecule has 0 bridgehead atoms. The van der Waals surface area contributed by atoms with Crippen molar-refractivity contribution < 1.29 is 28.9 Å². The lowest BCUT2D eigenvalue weighted by molar-refractivity contribution is -0.142. The van der Waals surface area contributed by atoms with Crippen LogP contribution in [0.25, 0.3) is 0 Å². The first-order valence-electron chi connectivity index (χ1n) is 10.0. The second-order valence-electron chi connectivity index (χ2n) is 6.87. The maximum absolute atomic E-state index is 10.6. The van der Waals surface area contributed by atoms with Gasteiger partial charge in [0.25, 0.3) is 0 Å². The molecule has 0 amide bonds. The predicted molar refractivity (Wildman–Crippen MR) is 121 cm³/mol. The first-order valence-corrected chi connectivity index (χ1v) is 10.0. The molecule has 0 saturated carbocycles. The summed E-state index contributed by atoms with van der Waals surface area (Å²) in [5, 5.41) is 10.9. The van der Waals surface area contributed by atoms with Crippen LogP contribution in [-0.2, 0) is 27.6 Å². The molecule has 32 heavy (non-hydrogen) atoms. The van der Waals surface area contributed by atoms with E-state index in [1.54, 1.807) is 0 Å². The van der Waals surface area contributed by atoms with Crippen molar-refractivity contribution in [2.75, 3.05) is 20.3 Å². The second kappa shape index (κ2) is 12.1. The molecule has 0 radical (unpaired) electrons. The minimum Gasteiger partial charge on any atom is -0.563 e. The number of benzene rings is 3. The van der Waals surface area contributed by atoms with Crippen molar-refractivity contribution in [3.8, 4) is 11.5 Å². The number of hydrogen-bond donors (Lipinski definition) is 0. The van der Waals surface area contributed by atoms with E-state index in [1.807, 2.05) is 78.9 Å². The van der Waals surface area contributed by atoms with E-state index in [9.17, 15) is 4.79 Å². The Balaban J connectivity index is 1.47. The fourth-order valence-corrected chi connectivity index (χ4v) is 2.85. The van der Waals surface area contributed by atoms with E-state index >= 15 is 0 Å². The van der Waals surface area contributed by atoms with Gasteiger partial charge in [0.1, 0.15) is 37.5 Å². The summed E-state index contributed by atoms with van der Waals surface area (Å²) in [4.78, 5) is 15.5. The molecule has 0 aliphatic rings. The summed E-state index contributed by atoms with van der Waals surface area (Å²) < 4.78 is 16.8. The van der Waals surface area contributed by atoms with Crippen LogP contribution in [0.3, 0.4) is 0 Å². The average Bonchev–Trinajstić information content (AvgIpc) is 2.82. The Morgan fingerprint density at radius 2 is 1.38 bits per heavy atom. The van der Waals surface area contributed by atoms with Crippen LogP contribution in [0, 0.1) is 0 Å². The van der Waals surface area contributed by atoms with Gasteiger partial charge in [-0.1, -0.05) is 59.8 Å². The second-order valence-corrected chi connectivity index (χ2v) is 6.87. The highest BCUT2D eigenvalue weighted by molar-refractivity contribution is 6.01. The lowest BCUT2D eigenvalue weighted by atomic mass is 10.1. The van der Waals surface area contributed by atoms with Gasteiger partial charge in [0, 0.05) is 10.4 Å². The highest BCUT2D eigenvalue weighted by Gasteiger charge is 2.07. The highest BCUT2D eigenvalue weighted by Crippen LogP contribution is 2.17. The van der Waals surface area contributed by atoms with Gasteiger partial charge in [-0.05, 0) is 35.4 Å². The Hall–Kier alpha value is -3.84. The zero-order valence-corrected chi connectivity index (χ0v) is 17.8. The van der Waals surface area contributed by atoms with Crippen molar-refractivity contribution in [3.63, 3.8) is 0 Å². The first kappa shape index (κ1) is 22.8. The van der Waals surface area contributed by atoms with Gasteiger partial charge in [0.2, 0.25) is 6.61 Å². The number of carbonyl (C=O) groups is 1. The molecule has 0 spiro atoms. The Labute approximate surface area is 186 Å². The fraction of sp³-hybridized carbons (Fsp3) is 0.200. The molecule has 166 valence electrons. The molecule has 7 nitrogen and oxygen atoms in total. The summed E-state index contributed by atoms with van der Waals surface area (Å²) >= 11 is 0. The van der Waals surface area contributed by atoms with Gasteiger partial charge in [-0.15, -0.1) is 0 Å². The molecule has 0 aliphatic heterocycles. The molecule has 3 aromatic rings. The Morgan fingerprint density at radius 1 is 0.781 bits per heavy atom. The van der Waals surface area contributed by atoms with Gasteiger partial charge >= 0.3 is 5.97 Å². The number of hydrogen-bond acceptors (Lipinski definition) is 6. The highest BCUT2D eigenvalue weighted by atomic mass is 16.6. The van der Waals surface area contributed by atoms with Crippen molar-refractivity contribution in [2.45, 2.75) is 13.2 Å². The quantitative estimate of drug-likeness (QED) is 0.246. The Kier molecular flexibility index (Phi) is 8.65. The number of nitrogens with zero attached hydrogens (tertiary/aromatic N) is 1. The topological polar surface area (TPSA) is 89.2 Å². The van der Waals surface area contributed by atoms with Gasteiger partial charge in [-0.25, -0.2) is 0 Å². The smallest absolute Gasteiger partial charge is 0.542 e. The molecule has 0 saturated heterocycles. The molecule has 0 fully saturated rings. The number of ether oxygens (including phenoxy) is 3. The van der Waals surface area contributed by atoms with Crippen molar-refractivity contribution in [1.29, 1.82) is 0 Å². The van der Waals surface area contributed by atoms with E-state index < -0.39 is 5.97 Å². The van der Waals surface area contributed by atoms with Crippen molar-refractivity contribution in [1.82, 2.24) is 0 Å². The summed E-state index contributed by atoms with van der Waals surface area (Å²) in [6.45, 7) is 0.793. The molecule has 2 N–H and O–H groups in total. The van der Waals surface area contributed by atoms with E-state index in [1.165, 1.54) is 7.11 Å². The molecular formula is C25H26NO6+. The van der Waals surface area contributed by atoms with Crippen LogP contribution in [0.4, 0.5) is 0 Å². The summed E-state index contributed by atoms with van der Waals surface area (Å²) in [6, 6.07) is 24.9.